The van der Waals surface area contributed by atoms with Gasteiger partial charge in [0, 0.05) is 12.5 Å². The van der Waals surface area contributed by atoms with Gasteiger partial charge in [-0.3, -0.25) is 10.1 Å². The molecule has 0 unspecified atom stereocenters. The summed E-state index contributed by atoms with van der Waals surface area (Å²) >= 11 is 1.04. The Kier molecular flexibility index (Phi) is 5.54. The number of oxazole rings is 1. The fourth-order valence-electron chi connectivity index (χ4n) is 2.40. The molecule has 3 aromatic rings. The number of carbonyl (C=O) groups excluding carboxylic acids is 1. The largest absolute Gasteiger partial charge is 0.481 e. The smallest absolute Gasteiger partial charge is 0.358 e. The molecule has 11 heteroatoms. The van der Waals surface area contributed by atoms with Crippen LogP contribution in [0.5, 0.6) is 5.88 Å². The molecule has 146 valence electrons. The van der Waals surface area contributed by atoms with Gasteiger partial charge in [-0.15, -0.1) is 0 Å². The van der Waals surface area contributed by atoms with Gasteiger partial charge in [-0.1, -0.05) is 6.92 Å². The molecular formula is C17H17N5O5S. The quantitative estimate of drug-likeness (QED) is 0.543. The number of anilines is 3. The zero-order chi connectivity index (χ0) is 20.3. The normalized spacial score (nSPS) is 10.5. The number of amides is 1. The highest BCUT2D eigenvalue weighted by Crippen LogP contribution is 2.29. The average molecular weight is 403 g/mol. The third-order valence-electron chi connectivity index (χ3n) is 3.73. The van der Waals surface area contributed by atoms with Gasteiger partial charge in [0.05, 0.1) is 30.3 Å². The van der Waals surface area contributed by atoms with Gasteiger partial charge in [-0.05, 0) is 24.5 Å². The third-order valence-corrected chi connectivity index (χ3v) is 4.59. The number of ether oxygens (including phenoxy) is 1. The number of hydrogen-bond acceptors (Lipinski definition) is 9. The maximum absolute atomic E-state index is 12.7. The van der Waals surface area contributed by atoms with Gasteiger partial charge >= 0.3 is 12.0 Å². The van der Waals surface area contributed by atoms with E-state index in [0.717, 1.165) is 11.5 Å². The molecule has 0 aliphatic heterocycles. The molecule has 3 N–H and O–H groups in total. The number of aromatic nitrogens is 3. The molecular weight excluding hydrogens is 386 g/mol. The average Bonchev–Trinajstić information content (AvgIpc) is 3.26. The second-order valence-corrected chi connectivity index (χ2v) is 6.36. The Balaban J connectivity index is 1.83. The minimum absolute atomic E-state index is 0.0157. The number of nitrogens with one attached hydrogen (secondary N) is 2. The Morgan fingerprint density at radius 1 is 1.36 bits per heavy atom. The van der Waals surface area contributed by atoms with Crippen molar-refractivity contribution < 1.29 is 23.8 Å². The van der Waals surface area contributed by atoms with Crippen LogP contribution in [0.3, 0.4) is 0 Å². The summed E-state index contributed by atoms with van der Waals surface area (Å²) in [6, 6.07) is 3.27. The lowest BCUT2D eigenvalue weighted by atomic mass is 10.2. The van der Waals surface area contributed by atoms with E-state index in [-0.39, 0.29) is 17.5 Å². The number of pyridine rings is 1. The fraction of sp³-hybridized carbons (Fsp3) is 0.235. The van der Waals surface area contributed by atoms with Crippen molar-refractivity contribution in [2.75, 3.05) is 17.7 Å². The van der Waals surface area contributed by atoms with Gasteiger partial charge in [0.1, 0.15) is 10.8 Å². The molecule has 0 bridgehead atoms. The summed E-state index contributed by atoms with van der Waals surface area (Å²) in [5.41, 5.74) is 1.13. The third kappa shape index (κ3) is 3.93. The van der Waals surface area contributed by atoms with Crippen LogP contribution >= 0.6 is 11.5 Å². The second-order valence-electron chi connectivity index (χ2n) is 5.59. The van der Waals surface area contributed by atoms with Crippen LogP contribution in [0.1, 0.15) is 39.2 Å². The van der Waals surface area contributed by atoms with Crippen LogP contribution in [0.25, 0.3) is 0 Å². The Bertz CT molecular complexity index is 1010. The maximum atomic E-state index is 12.7. The number of carboxylic acids is 1. The van der Waals surface area contributed by atoms with Gasteiger partial charge in [0.2, 0.25) is 5.88 Å². The van der Waals surface area contributed by atoms with Gasteiger partial charge in [-0.25, -0.2) is 9.78 Å². The second kappa shape index (κ2) is 8.05. The number of nitrogens with zero attached hydrogens (tertiary/aromatic N) is 3. The summed E-state index contributed by atoms with van der Waals surface area (Å²) in [6.45, 7) is 3.45. The minimum Gasteiger partial charge on any atom is -0.481 e. The minimum atomic E-state index is -1.18. The topological polar surface area (TPSA) is 139 Å². The summed E-state index contributed by atoms with van der Waals surface area (Å²) in [6.07, 6.45) is 1.84. The zero-order valence-electron chi connectivity index (χ0n) is 15.3. The molecule has 0 aliphatic rings. The fourth-order valence-corrected chi connectivity index (χ4v) is 3.18. The number of aryl methyl sites for hydroxylation is 2. The van der Waals surface area contributed by atoms with Gasteiger partial charge in [-0.2, -0.15) is 9.36 Å². The van der Waals surface area contributed by atoms with Crippen molar-refractivity contribution in [3.05, 3.63) is 41.0 Å². The van der Waals surface area contributed by atoms with E-state index in [0.29, 0.717) is 34.2 Å². The van der Waals surface area contributed by atoms with E-state index < -0.39 is 11.9 Å². The van der Waals surface area contributed by atoms with E-state index in [1.807, 2.05) is 0 Å². The highest BCUT2D eigenvalue weighted by molar-refractivity contribution is 7.10. The van der Waals surface area contributed by atoms with Crippen LogP contribution in [0, 0.1) is 6.92 Å². The van der Waals surface area contributed by atoms with Crippen molar-refractivity contribution in [1.82, 2.24) is 14.3 Å². The molecule has 28 heavy (non-hydrogen) atoms. The van der Waals surface area contributed by atoms with E-state index in [4.69, 9.17) is 9.15 Å². The monoisotopic (exact) mass is 403 g/mol. The first kappa shape index (κ1) is 19.3. The summed E-state index contributed by atoms with van der Waals surface area (Å²) < 4.78 is 14.6. The first-order valence-corrected chi connectivity index (χ1v) is 8.98. The summed E-state index contributed by atoms with van der Waals surface area (Å²) in [5.74, 6) is -0.911. The van der Waals surface area contributed by atoms with Gasteiger partial charge in [0.25, 0.3) is 5.91 Å². The van der Waals surface area contributed by atoms with Crippen LogP contribution in [0.2, 0.25) is 0 Å². The first-order valence-electron chi connectivity index (χ1n) is 8.20. The molecule has 0 spiro atoms. The molecule has 0 saturated heterocycles. The highest BCUT2D eigenvalue weighted by atomic mass is 32.1. The molecule has 1 amide bonds. The number of carbonyl (C=O) groups is 2. The van der Waals surface area contributed by atoms with Gasteiger partial charge in [0.15, 0.2) is 5.69 Å². The Morgan fingerprint density at radius 2 is 2.14 bits per heavy atom. The standard InChI is InChI=1S/C17H17N5O5S/c1-4-10-13(16(24)25)20-17(27-10)21-15-12(8(2)22-28-15)14(23)19-9-5-6-11(26-3)18-7-9/h5-7H,4H2,1-3H3,(H,19,23)(H,20,21)(H,24,25). The zero-order valence-corrected chi connectivity index (χ0v) is 16.1. The number of carboxylic acid groups (broad SMARTS) is 1. The van der Waals surface area contributed by atoms with Crippen LogP contribution in [0.4, 0.5) is 16.7 Å². The van der Waals surface area contributed by atoms with Crippen molar-refractivity contribution >= 4 is 40.1 Å². The molecule has 0 atom stereocenters. The van der Waals surface area contributed by atoms with E-state index in [2.05, 4.69) is 25.0 Å². The van der Waals surface area contributed by atoms with Crippen molar-refractivity contribution in [2.45, 2.75) is 20.3 Å². The molecule has 0 radical (unpaired) electrons. The van der Waals surface area contributed by atoms with Crippen LogP contribution in [-0.2, 0) is 6.42 Å². The van der Waals surface area contributed by atoms with E-state index in [1.165, 1.54) is 13.3 Å². The van der Waals surface area contributed by atoms with E-state index in [1.54, 1.807) is 26.0 Å². The molecule has 0 aliphatic carbocycles. The SMILES string of the molecule is CCc1oc(Nc2snc(C)c2C(=O)Nc2ccc(OC)nc2)nc1C(=O)O. The van der Waals surface area contributed by atoms with Crippen LogP contribution in [0.15, 0.2) is 22.7 Å². The van der Waals surface area contributed by atoms with Crippen molar-refractivity contribution in [2.24, 2.45) is 0 Å². The number of rotatable bonds is 7. The lowest BCUT2D eigenvalue weighted by Crippen LogP contribution is -2.14. The molecule has 0 aromatic carbocycles. The predicted molar refractivity (Wildman–Crippen MR) is 102 cm³/mol. The number of aromatic carboxylic acids is 1. The molecule has 3 aromatic heterocycles. The first-order chi connectivity index (χ1) is 13.4. The van der Waals surface area contributed by atoms with Crippen molar-refractivity contribution in [1.29, 1.82) is 0 Å². The highest BCUT2D eigenvalue weighted by Gasteiger charge is 2.23. The Morgan fingerprint density at radius 3 is 2.71 bits per heavy atom. The number of hydrogen-bond donors (Lipinski definition) is 3. The molecule has 0 fully saturated rings. The van der Waals surface area contributed by atoms with E-state index >= 15 is 0 Å². The van der Waals surface area contributed by atoms with Gasteiger partial charge < -0.3 is 19.6 Å². The Hall–Kier alpha value is -3.47. The van der Waals surface area contributed by atoms with Crippen LogP contribution < -0.4 is 15.4 Å². The summed E-state index contributed by atoms with van der Waals surface area (Å²) in [5, 5.41) is 15.2. The van der Waals surface area contributed by atoms with Crippen molar-refractivity contribution in [3.63, 3.8) is 0 Å². The van der Waals surface area contributed by atoms with Crippen LogP contribution in [-0.4, -0.2) is 38.4 Å². The predicted octanol–water partition coefficient (Wildman–Crippen LogP) is 3.10. The molecule has 10 nitrogen and oxygen atoms in total. The summed E-state index contributed by atoms with van der Waals surface area (Å²) in [4.78, 5) is 31.9. The molecule has 0 saturated carbocycles. The number of methoxy groups -OCH3 is 1. The summed E-state index contributed by atoms with van der Waals surface area (Å²) in [7, 11) is 1.50. The molecule has 3 heterocycles. The lowest BCUT2D eigenvalue weighted by molar-refractivity contribution is 0.0688. The Labute approximate surface area is 163 Å². The lowest BCUT2D eigenvalue weighted by Gasteiger charge is -2.07. The van der Waals surface area contributed by atoms with Crippen molar-refractivity contribution in [3.8, 4) is 5.88 Å². The molecule has 3 rings (SSSR count). The van der Waals surface area contributed by atoms with E-state index in [9.17, 15) is 14.7 Å². The maximum Gasteiger partial charge on any atom is 0.358 e.